The second kappa shape index (κ2) is 5.50. The van der Waals surface area contributed by atoms with Crippen LogP contribution in [-0.4, -0.2) is 24.9 Å². The number of nitrogens with two attached hydrogens (primary N) is 1. The van der Waals surface area contributed by atoms with Crippen LogP contribution in [0.5, 0.6) is 5.75 Å². The lowest BCUT2D eigenvalue weighted by atomic mass is 9.86. The van der Waals surface area contributed by atoms with E-state index in [1.54, 1.807) is 0 Å². The molecule has 0 bridgehead atoms. The summed E-state index contributed by atoms with van der Waals surface area (Å²) in [6.07, 6.45) is -0.0299. The Bertz CT molecular complexity index is 444. The highest BCUT2D eigenvalue weighted by atomic mass is 79.9. The van der Waals surface area contributed by atoms with Crippen LogP contribution in [0, 0.1) is 11.6 Å². The molecule has 1 saturated carbocycles. The predicted octanol–water partition coefficient (Wildman–Crippen LogP) is 2.61. The van der Waals surface area contributed by atoms with Crippen molar-refractivity contribution < 1.29 is 18.3 Å². The van der Waals surface area contributed by atoms with Gasteiger partial charge in [-0.15, -0.1) is 0 Å². The average molecular weight is 322 g/mol. The smallest absolute Gasteiger partial charge is 0.200 e. The quantitative estimate of drug-likeness (QED) is 0.867. The van der Waals surface area contributed by atoms with Crippen LogP contribution in [0.2, 0.25) is 0 Å². The molecule has 6 heteroatoms. The molecule has 1 fully saturated rings. The normalized spacial score (nSPS) is 26.8. The van der Waals surface area contributed by atoms with Gasteiger partial charge in [0.1, 0.15) is 12.2 Å². The van der Waals surface area contributed by atoms with Crippen LogP contribution < -0.4 is 10.5 Å². The summed E-state index contributed by atoms with van der Waals surface area (Å²) in [6, 6.07) is 2.33. The lowest BCUT2D eigenvalue weighted by molar-refractivity contribution is -0.0956. The molecule has 0 spiro atoms. The van der Waals surface area contributed by atoms with Gasteiger partial charge in [-0.05, 0) is 19.1 Å². The van der Waals surface area contributed by atoms with E-state index in [1.807, 2.05) is 6.92 Å². The van der Waals surface area contributed by atoms with E-state index < -0.39 is 11.6 Å². The van der Waals surface area contributed by atoms with Gasteiger partial charge in [0.25, 0.3) is 0 Å². The molecule has 1 aromatic rings. The van der Waals surface area contributed by atoms with E-state index >= 15 is 0 Å². The highest BCUT2D eigenvalue weighted by Crippen LogP contribution is 2.31. The number of ether oxygens (including phenoxy) is 2. The van der Waals surface area contributed by atoms with Crippen molar-refractivity contribution in [3.05, 3.63) is 28.2 Å². The monoisotopic (exact) mass is 321 g/mol. The summed E-state index contributed by atoms with van der Waals surface area (Å²) in [5.41, 5.74) is 5.77. The fourth-order valence-electron chi connectivity index (χ4n) is 1.94. The molecule has 100 valence electrons. The second-order valence-corrected chi connectivity index (χ2v) is 5.09. The molecule has 0 aliphatic heterocycles. The van der Waals surface area contributed by atoms with Crippen LogP contribution in [0.4, 0.5) is 8.78 Å². The van der Waals surface area contributed by atoms with Crippen molar-refractivity contribution in [1.29, 1.82) is 0 Å². The van der Waals surface area contributed by atoms with Crippen molar-refractivity contribution in [3.63, 3.8) is 0 Å². The summed E-state index contributed by atoms with van der Waals surface area (Å²) in [4.78, 5) is 0. The van der Waals surface area contributed by atoms with Crippen molar-refractivity contribution in [2.45, 2.75) is 31.6 Å². The summed E-state index contributed by atoms with van der Waals surface area (Å²) in [5.74, 6) is -2.06. The molecule has 3 atom stereocenters. The van der Waals surface area contributed by atoms with Crippen molar-refractivity contribution in [2.24, 2.45) is 5.73 Å². The van der Waals surface area contributed by atoms with Crippen LogP contribution in [-0.2, 0) is 4.74 Å². The Hall–Kier alpha value is -0.720. The molecular formula is C12H14BrF2NO2. The Morgan fingerprint density at radius 2 is 2.17 bits per heavy atom. The number of benzene rings is 1. The largest absolute Gasteiger partial charge is 0.484 e. The van der Waals surface area contributed by atoms with Gasteiger partial charge in [-0.2, -0.15) is 4.39 Å². The van der Waals surface area contributed by atoms with Gasteiger partial charge in [-0.25, -0.2) is 4.39 Å². The van der Waals surface area contributed by atoms with Gasteiger partial charge in [-0.1, -0.05) is 15.9 Å². The Morgan fingerprint density at radius 1 is 1.44 bits per heavy atom. The summed E-state index contributed by atoms with van der Waals surface area (Å²) < 4.78 is 38.0. The summed E-state index contributed by atoms with van der Waals surface area (Å²) >= 11 is 3.09. The van der Waals surface area contributed by atoms with Gasteiger partial charge in [-0.3, -0.25) is 0 Å². The zero-order chi connectivity index (χ0) is 13.3. The van der Waals surface area contributed by atoms with Crippen LogP contribution in [0.25, 0.3) is 0 Å². The van der Waals surface area contributed by atoms with Crippen LogP contribution in [0.3, 0.4) is 0 Å². The van der Waals surface area contributed by atoms with Crippen LogP contribution in [0.1, 0.15) is 13.3 Å². The molecule has 2 N–H and O–H groups in total. The van der Waals surface area contributed by atoms with E-state index in [1.165, 1.54) is 6.07 Å². The third-order valence-corrected chi connectivity index (χ3v) is 3.35. The van der Waals surface area contributed by atoms with E-state index in [-0.39, 0.29) is 24.0 Å². The fraction of sp³-hybridized carbons (Fsp3) is 0.500. The van der Waals surface area contributed by atoms with Crippen molar-refractivity contribution in [3.8, 4) is 5.75 Å². The number of hydrogen-bond donors (Lipinski definition) is 1. The first-order valence-electron chi connectivity index (χ1n) is 5.71. The van der Waals surface area contributed by atoms with Crippen LogP contribution in [0.15, 0.2) is 16.6 Å². The molecule has 1 aliphatic carbocycles. The lowest BCUT2D eigenvalue weighted by Crippen LogP contribution is -2.59. The van der Waals surface area contributed by atoms with Gasteiger partial charge in [0, 0.05) is 23.5 Å². The highest BCUT2D eigenvalue weighted by molar-refractivity contribution is 9.10. The molecule has 3 nitrogen and oxygen atoms in total. The lowest BCUT2D eigenvalue weighted by Gasteiger charge is -2.41. The first-order chi connectivity index (χ1) is 8.52. The maximum absolute atomic E-state index is 13.5. The summed E-state index contributed by atoms with van der Waals surface area (Å²) in [7, 11) is 0. The zero-order valence-corrected chi connectivity index (χ0v) is 11.4. The molecule has 0 saturated heterocycles. The molecule has 0 heterocycles. The minimum Gasteiger partial charge on any atom is -0.484 e. The van der Waals surface area contributed by atoms with Crippen LogP contribution >= 0.6 is 15.9 Å². The van der Waals surface area contributed by atoms with Crippen molar-refractivity contribution in [2.75, 3.05) is 6.61 Å². The van der Waals surface area contributed by atoms with Gasteiger partial charge >= 0.3 is 0 Å². The maximum Gasteiger partial charge on any atom is 0.200 e. The third-order valence-electron chi connectivity index (χ3n) is 2.89. The Labute approximate surface area is 112 Å². The molecule has 0 radical (unpaired) electrons. The van der Waals surface area contributed by atoms with Crippen molar-refractivity contribution >= 4 is 15.9 Å². The molecule has 0 aromatic heterocycles. The minimum atomic E-state index is -0.992. The van der Waals surface area contributed by atoms with E-state index in [0.29, 0.717) is 17.5 Å². The molecule has 1 aromatic carbocycles. The molecule has 3 unspecified atom stereocenters. The first-order valence-corrected chi connectivity index (χ1v) is 6.50. The van der Waals surface area contributed by atoms with Gasteiger partial charge < -0.3 is 15.2 Å². The number of halogens is 3. The predicted molar refractivity (Wildman–Crippen MR) is 66.5 cm³/mol. The molecule has 2 rings (SSSR count). The first kappa shape index (κ1) is 13.7. The zero-order valence-electron chi connectivity index (χ0n) is 9.83. The molecule has 1 aliphatic rings. The SMILES string of the molecule is CCOC1C(N)CC1Oc1cc(Br)cc(F)c1F. The number of rotatable bonds is 4. The summed E-state index contributed by atoms with van der Waals surface area (Å²) in [6.45, 7) is 2.36. The molecule has 18 heavy (non-hydrogen) atoms. The maximum atomic E-state index is 13.5. The molecular weight excluding hydrogens is 308 g/mol. The Balaban J connectivity index is 2.10. The highest BCUT2D eigenvalue weighted by Gasteiger charge is 2.41. The van der Waals surface area contributed by atoms with E-state index in [4.69, 9.17) is 15.2 Å². The standard InChI is InChI=1S/C12H14BrF2NO2/c1-2-17-12-8(16)5-10(12)18-9-4-6(13)3-7(14)11(9)15/h3-4,8,10,12H,2,5,16H2,1H3. The Morgan fingerprint density at radius 3 is 2.78 bits per heavy atom. The van der Waals surface area contributed by atoms with E-state index in [2.05, 4.69) is 15.9 Å². The van der Waals surface area contributed by atoms with Crippen molar-refractivity contribution in [1.82, 2.24) is 0 Å². The second-order valence-electron chi connectivity index (χ2n) is 4.18. The minimum absolute atomic E-state index is 0.116. The number of hydrogen-bond acceptors (Lipinski definition) is 3. The van der Waals surface area contributed by atoms with Gasteiger partial charge in [0.05, 0.1) is 0 Å². The van der Waals surface area contributed by atoms with Gasteiger partial charge in [0.2, 0.25) is 5.82 Å². The molecule has 0 amide bonds. The van der Waals surface area contributed by atoms with E-state index in [9.17, 15) is 8.78 Å². The third kappa shape index (κ3) is 2.65. The van der Waals surface area contributed by atoms with E-state index in [0.717, 1.165) is 6.07 Å². The average Bonchev–Trinajstić information content (AvgIpc) is 2.31. The Kier molecular flexibility index (Phi) is 4.19. The fourth-order valence-corrected chi connectivity index (χ4v) is 2.35. The van der Waals surface area contributed by atoms with Gasteiger partial charge in [0.15, 0.2) is 11.6 Å². The topological polar surface area (TPSA) is 44.5 Å². The summed E-state index contributed by atoms with van der Waals surface area (Å²) in [5, 5.41) is 0.